The monoisotopic (exact) mass is 366 g/mol. The Bertz CT molecular complexity index is 803. The molecule has 0 aliphatic rings. The molecule has 0 spiro atoms. The molecular weight excluding hydrogens is 352 g/mol. The van der Waals surface area contributed by atoms with Crippen molar-refractivity contribution >= 4 is 34.6 Å². The predicted molar refractivity (Wildman–Crippen MR) is 89.4 cm³/mol. The van der Waals surface area contributed by atoms with Gasteiger partial charge in [-0.2, -0.15) is 0 Å². The lowest BCUT2D eigenvalue weighted by Crippen LogP contribution is -2.21. The van der Waals surface area contributed by atoms with Gasteiger partial charge in [-0.25, -0.2) is 4.79 Å². The minimum Gasteiger partial charge on any atom is -0.493 e. The van der Waals surface area contributed by atoms with Crippen molar-refractivity contribution in [2.75, 3.05) is 26.1 Å². The summed E-state index contributed by atoms with van der Waals surface area (Å²) in [4.78, 5) is 34.1. The van der Waals surface area contributed by atoms with Crippen molar-refractivity contribution in [1.29, 1.82) is 0 Å². The Hall–Kier alpha value is -3.14. The summed E-state index contributed by atoms with van der Waals surface area (Å²) < 4.78 is 15.0. The highest BCUT2D eigenvalue weighted by molar-refractivity contribution is 7.12. The van der Waals surface area contributed by atoms with Crippen molar-refractivity contribution < 1.29 is 28.7 Å². The Labute approximate surface area is 146 Å². The van der Waals surface area contributed by atoms with E-state index in [0.29, 0.717) is 5.69 Å². The number of thiophene rings is 1. The third kappa shape index (κ3) is 4.44. The number of non-ortho nitro benzene ring substituents is 1. The summed E-state index contributed by atoms with van der Waals surface area (Å²) in [6.07, 6.45) is 0. The number of nitrogens with one attached hydrogen (secondary N) is 1. The first-order valence-corrected chi connectivity index (χ1v) is 7.75. The number of carbonyl (C=O) groups is 2. The highest BCUT2D eigenvalue weighted by Crippen LogP contribution is 2.31. The van der Waals surface area contributed by atoms with Crippen molar-refractivity contribution in [3.8, 4) is 11.5 Å². The second-order valence-electron chi connectivity index (χ2n) is 4.58. The van der Waals surface area contributed by atoms with Gasteiger partial charge in [-0.3, -0.25) is 14.9 Å². The fourth-order valence-electron chi connectivity index (χ4n) is 1.88. The normalized spacial score (nSPS) is 10.0. The zero-order chi connectivity index (χ0) is 18.4. The summed E-state index contributed by atoms with van der Waals surface area (Å²) in [5.41, 5.74) is 0.110. The lowest BCUT2D eigenvalue weighted by atomic mass is 10.3. The Morgan fingerprint density at radius 3 is 2.64 bits per heavy atom. The summed E-state index contributed by atoms with van der Waals surface area (Å²) in [6, 6.07) is 5.36. The maximum absolute atomic E-state index is 12.0. The second kappa shape index (κ2) is 8.11. The van der Waals surface area contributed by atoms with Crippen LogP contribution in [0.25, 0.3) is 0 Å². The maximum atomic E-state index is 12.0. The number of nitrogens with zero attached hydrogens (tertiary/aromatic N) is 1. The highest BCUT2D eigenvalue weighted by Gasteiger charge is 2.17. The summed E-state index contributed by atoms with van der Waals surface area (Å²) in [5, 5.41) is 15.0. The number of anilines is 1. The molecule has 0 aliphatic heterocycles. The van der Waals surface area contributed by atoms with E-state index in [1.165, 1.54) is 26.4 Å². The number of nitro benzene ring substituents is 1. The minimum atomic E-state index is -0.583. The van der Waals surface area contributed by atoms with Crippen LogP contribution in [0.4, 0.5) is 11.4 Å². The van der Waals surface area contributed by atoms with Crippen LogP contribution in [0, 0.1) is 10.1 Å². The molecule has 0 saturated heterocycles. The van der Waals surface area contributed by atoms with Crippen LogP contribution in [0.15, 0.2) is 29.6 Å². The number of benzene rings is 1. The molecule has 0 bridgehead atoms. The second-order valence-corrected chi connectivity index (χ2v) is 5.50. The third-order valence-corrected chi connectivity index (χ3v) is 3.92. The molecule has 2 rings (SSSR count). The molecule has 9 nitrogen and oxygen atoms in total. The van der Waals surface area contributed by atoms with Crippen LogP contribution in [0.5, 0.6) is 11.5 Å². The number of nitro groups is 1. The number of rotatable bonds is 7. The molecule has 2 aromatic rings. The van der Waals surface area contributed by atoms with E-state index >= 15 is 0 Å². The number of ether oxygens (including phenoxy) is 3. The summed E-state index contributed by atoms with van der Waals surface area (Å²) in [5.74, 6) is -0.793. The molecule has 0 aliphatic carbocycles. The predicted octanol–water partition coefficient (Wildman–Crippen LogP) is 2.47. The molecule has 132 valence electrons. The number of carbonyl (C=O) groups excluding carboxylic acids is 2. The fraction of sp³-hybridized carbons (Fsp3) is 0.200. The zero-order valence-electron chi connectivity index (χ0n) is 13.3. The zero-order valence-corrected chi connectivity index (χ0v) is 14.1. The Balaban J connectivity index is 2.05. The van der Waals surface area contributed by atoms with Gasteiger partial charge in [0.05, 0.1) is 30.9 Å². The third-order valence-electron chi connectivity index (χ3n) is 3.03. The molecule has 25 heavy (non-hydrogen) atoms. The lowest BCUT2D eigenvalue weighted by molar-refractivity contribution is -0.385. The van der Waals surface area contributed by atoms with E-state index in [1.54, 1.807) is 11.4 Å². The van der Waals surface area contributed by atoms with E-state index in [4.69, 9.17) is 9.47 Å². The average molecular weight is 366 g/mol. The lowest BCUT2D eigenvalue weighted by Gasteiger charge is -2.10. The highest BCUT2D eigenvalue weighted by atomic mass is 32.1. The molecule has 1 amide bonds. The van der Waals surface area contributed by atoms with Gasteiger partial charge in [-0.05, 0) is 17.5 Å². The molecule has 0 atom stereocenters. The SMILES string of the molecule is COC(=O)c1sccc1NC(=O)COc1cc([N+](=O)[O-])ccc1OC. The number of esters is 1. The van der Waals surface area contributed by atoms with Crippen LogP contribution in [0.2, 0.25) is 0 Å². The Kier molecular flexibility index (Phi) is 5.90. The van der Waals surface area contributed by atoms with Gasteiger partial charge in [0.1, 0.15) is 4.88 Å². The van der Waals surface area contributed by atoms with Gasteiger partial charge in [0, 0.05) is 6.07 Å². The van der Waals surface area contributed by atoms with E-state index in [2.05, 4.69) is 10.1 Å². The number of methoxy groups -OCH3 is 2. The van der Waals surface area contributed by atoms with Crippen molar-refractivity contribution in [2.24, 2.45) is 0 Å². The molecular formula is C15H14N2O7S. The van der Waals surface area contributed by atoms with E-state index in [0.717, 1.165) is 17.4 Å². The van der Waals surface area contributed by atoms with Gasteiger partial charge in [0.15, 0.2) is 18.1 Å². The van der Waals surface area contributed by atoms with Crippen molar-refractivity contribution in [3.63, 3.8) is 0 Å². The van der Waals surface area contributed by atoms with Crippen molar-refractivity contribution in [1.82, 2.24) is 0 Å². The molecule has 1 aromatic heterocycles. The Morgan fingerprint density at radius 2 is 2.00 bits per heavy atom. The van der Waals surface area contributed by atoms with Crippen LogP contribution < -0.4 is 14.8 Å². The number of hydrogen-bond acceptors (Lipinski definition) is 8. The molecule has 10 heteroatoms. The van der Waals surface area contributed by atoms with Crippen LogP contribution in [0.1, 0.15) is 9.67 Å². The van der Waals surface area contributed by atoms with Gasteiger partial charge in [-0.1, -0.05) is 0 Å². The first-order valence-electron chi connectivity index (χ1n) is 6.87. The van der Waals surface area contributed by atoms with Gasteiger partial charge in [0.25, 0.3) is 11.6 Å². The van der Waals surface area contributed by atoms with E-state index in [-0.39, 0.29) is 22.1 Å². The largest absolute Gasteiger partial charge is 0.493 e. The topological polar surface area (TPSA) is 117 Å². The van der Waals surface area contributed by atoms with Gasteiger partial charge >= 0.3 is 5.97 Å². The van der Waals surface area contributed by atoms with Crippen LogP contribution in [0.3, 0.4) is 0 Å². The van der Waals surface area contributed by atoms with Crippen molar-refractivity contribution in [3.05, 3.63) is 44.6 Å². The molecule has 0 radical (unpaired) electrons. The summed E-state index contributed by atoms with van der Waals surface area (Å²) in [7, 11) is 2.62. The minimum absolute atomic E-state index is 0.0605. The van der Waals surface area contributed by atoms with E-state index in [1.807, 2.05) is 0 Å². The number of hydrogen-bond donors (Lipinski definition) is 1. The van der Waals surface area contributed by atoms with Crippen molar-refractivity contribution in [2.45, 2.75) is 0 Å². The van der Waals surface area contributed by atoms with Gasteiger partial charge < -0.3 is 19.5 Å². The van der Waals surface area contributed by atoms with Gasteiger partial charge in [0.2, 0.25) is 0 Å². The average Bonchev–Trinajstić information content (AvgIpc) is 3.06. The molecule has 0 fully saturated rings. The van der Waals surface area contributed by atoms with Crippen LogP contribution in [-0.2, 0) is 9.53 Å². The number of amides is 1. The van der Waals surface area contributed by atoms with Crippen LogP contribution in [-0.4, -0.2) is 37.6 Å². The smallest absolute Gasteiger partial charge is 0.350 e. The fourth-order valence-corrected chi connectivity index (χ4v) is 2.65. The standard InChI is InChI=1S/C15H14N2O7S/c1-22-11-4-3-9(17(20)21)7-12(11)24-8-13(18)16-10-5-6-25-14(10)15(19)23-2/h3-7H,8H2,1-2H3,(H,16,18). The van der Waals surface area contributed by atoms with Crippen LogP contribution >= 0.6 is 11.3 Å². The summed E-state index contributed by atoms with van der Waals surface area (Å²) >= 11 is 1.12. The molecule has 0 saturated carbocycles. The molecule has 1 heterocycles. The van der Waals surface area contributed by atoms with Gasteiger partial charge in [-0.15, -0.1) is 11.3 Å². The maximum Gasteiger partial charge on any atom is 0.350 e. The first kappa shape index (κ1) is 18.2. The first-order chi connectivity index (χ1) is 12.0. The van der Waals surface area contributed by atoms with E-state index in [9.17, 15) is 19.7 Å². The Morgan fingerprint density at radius 1 is 1.24 bits per heavy atom. The summed E-state index contributed by atoms with van der Waals surface area (Å²) in [6.45, 7) is -0.423. The van der Waals surface area contributed by atoms with E-state index < -0.39 is 23.4 Å². The quantitative estimate of drug-likeness (QED) is 0.454. The molecule has 1 aromatic carbocycles. The molecule has 0 unspecified atom stereocenters. The molecule has 1 N–H and O–H groups in total.